The molecule has 0 aromatic carbocycles. The average molecular weight is 281 g/mol. The number of aliphatic hydroxyl groups excluding tert-OH is 1. The van der Waals surface area contributed by atoms with Crippen molar-refractivity contribution in [1.82, 2.24) is 9.97 Å². The molecular weight excluding hydrogens is 258 g/mol. The zero-order valence-electron chi connectivity index (χ0n) is 11.9. The number of aromatic nitrogens is 2. The van der Waals surface area contributed by atoms with Gasteiger partial charge in [0.1, 0.15) is 16.7 Å². The Balaban J connectivity index is 2.13. The summed E-state index contributed by atoms with van der Waals surface area (Å²) in [5.74, 6) is 2.42. The highest BCUT2D eigenvalue weighted by Crippen LogP contribution is 2.39. The minimum absolute atomic E-state index is 0.140. The number of anilines is 1. The van der Waals surface area contributed by atoms with Gasteiger partial charge >= 0.3 is 0 Å². The van der Waals surface area contributed by atoms with Gasteiger partial charge in [-0.2, -0.15) is 0 Å². The number of nitrogens with one attached hydrogen (secondary N) is 1. The molecule has 1 fully saturated rings. The Morgan fingerprint density at radius 2 is 2.16 bits per heavy atom. The summed E-state index contributed by atoms with van der Waals surface area (Å²) in [6.45, 7) is 6.91. The van der Waals surface area contributed by atoms with Crippen LogP contribution in [0.4, 0.5) is 5.82 Å². The fourth-order valence-corrected chi connectivity index (χ4v) is 2.56. The molecule has 0 saturated heterocycles. The van der Waals surface area contributed by atoms with E-state index in [1.54, 1.807) is 11.8 Å². The molecule has 1 aliphatic carbocycles. The molecule has 0 radical (unpaired) electrons. The number of thioether (sulfide) groups is 1. The van der Waals surface area contributed by atoms with Gasteiger partial charge in [0.25, 0.3) is 0 Å². The van der Waals surface area contributed by atoms with Crippen LogP contribution in [0.5, 0.6) is 0 Å². The number of rotatable bonds is 7. The van der Waals surface area contributed by atoms with Gasteiger partial charge in [-0.05, 0) is 26.2 Å². The van der Waals surface area contributed by atoms with Crippen LogP contribution in [-0.2, 0) is 0 Å². The molecule has 1 aromatic heterocycles. The lowest BCUT2D eigenvalue weighted by atomic mass is 10.3. The van der Waals surface area contributed by atoms with Crippen molar-refractivity contribution in [2.75, 3.05) is 11.9 Å². The van der Waals surface area contributed by atoms with Crippen molar-refractivity contribution in [1.29, 1.82) is 0 Å². The van der Waals surface area contributed by atoms with Crippen LogP contribution < -0.4 is 5.32 Å². The van der Waals surface area contributed by atoms with Gasteiger partial charge in [0.15, 0.2) is 0 Å². The number of nitrogens with zero attached hydrogens (tertiary/aromatic N) is 2. The first-order chi connectivity index (χ1) is 9.10. The largest absolute Gasteiger partial charge is 0.392 e. The van der Waals surface area contributed by atoms with Crippen LogP contribution in [0.1, 0.15) is 51.8 Å². The molecule has 2 N–H and O–H groups in total. The zero-order valence-corrected chi connectivity index (χ0v) is 12.7. The van der Waals surface area contributed by atoms with Crippen LogP contribution in [0.2, 0.25) is 0 Å². The van der Waals surface area contributed by atoms with Gasteiger partial charge in [0.2, 0.25) is 0 Å². The Hall–Kier alpha value is -0.810. The summed E-state index contributed by atoms with van der Waals surface area (Å²) in [5, 5.41) is 14.0. The molecule has 1 aliphatic rings. The summed E-state index contributed by atoms with van der Waals surface area (Å²) < 4.78 is 0. The number of hydrogen-bond acceptors (Lipinski definition) is 5. The molecule has 0 spiro atoms. The van der Waals surface area contributed by atoms with Crippen molar-refractivity contribution in [3.63, 3.8) is 0 Å². The zero-order chi connectivity index (χ0) is 13.8. The number of aliphatic hydroxyl groups is 1. The highest BCUT2D eigenvalue weighted by atomic mass is 32.2. The van der Waals surface area contributed by atoms with Gasteiger partial charge in [0.05, 0.1) is 6.10 Å². The Kier molecular flexibility index (Phi) is 5.05. The molecular formula is C14H23N3OS. The highest BCUT2D eigenvalue weighted by Gasteiger charge is 2.27. The van der Waals surface area contributed by atoms with Crippen molar-refractivity contribution in [3.05, 3.63) is 11.9 Å². The van der Waals surface area contributed by atoms with Gasteiger partial charge < -0.3 is 10.4 Å². The van der Waals surface area contributed by atoms with E-state index in [0.717, 1.165) is 29.6 Å². The van der Waals surface area contributed by atoms with Gasteiger partial charge in [-0.3, -0.25) is 0 Å². The molecule has 0 aliphatic heterocycles. The van der Waals surface area contributed by atoms with Crippen LogP contribution >= 0.6 is 11.8 Å². The van der Waals surface area contributed by atoms with Gasteiger partial charge in [-0.15, -0.1) is 11.8 Å². The standard InChI is InChI=1S/C14H23N3OS/c1-4-7-15-12-8-13(19-10(3)9(2)18)17-14(16-12)11-5-6-11/h8-11,18H,4-7H2,1-3H3,(H,15,16,17). The first-order valence-electron chi connectivity index (χ1n) is 7.07. The third-order valence-electron chi connectivity index (χ3n) is 3.20. The quantitative estimate of drug-likeness (QED) is 0.594. The molecule has 0 amide bonds. The van der Waals surface area contributed by atoms with Crippen molar-refractivity contribution in [3.8, 4) is 0 Å². The topological polar surface area (TPSA) is 58.0 Å². The summed E-state index contributed by atoms with van der Waals surface area (Å²) in [4.78, 5) is 9.21. The molecule has 106 valence electrons. The highest BCUT2D eigenvalue weighted by molar-refractivity contribution is 7.99. The van der Waals surface area contributed by atoms with Crippen molar-refractivity contribution in [2.24, 2.45) is 0 Å². The van der Waals surface area contributed by atoms with E-state index in [4.69, 9.17) is 0 Å². The molecule has 4 nitrogen and oxygen atoms in total. The minimum Gasteiger partial charge on any atom is -0.392 e. The van der Waals surface area contributed by atoms with Crippen molar-refractivity contribution in [2.45, 2.75) is 62.3 Å². The second-order valence-electron chi connectivity index (χ2n) is 5.21. The molecule has 19 heavy (non-hydrogen) atoms. The lowest BCUT2D eigenvalue weighted by molar-refractivity contribution is 0.196. The molecule has 2 rings (SSSR count). The monoisotopic (exact) mass is 281 g/mol. The minimum atomic E-state index is -0.337. The SMILES string of the molecule is CCCNc1cc(SC(C)C(C)O)nc(C2CC2)n1. The molecule has 1 aromatic rings. The van der Waals surface area contributed by atoms with Crippen molar-refractivity contribution >= 4 is 17.6 Å². The fourth-order valence-electron chi connectivity index (χ4n) is 1.66. The van der Waals surface area contributed by atoms with Gasteiger partial charge in [0, 0.05) is 23.8 Å². The first-order valence-corrected chi connectivity index (χ1v) is 7.95. The smallest absolute Gasteiger partial charge is 0.135 e. The van der Waals surface area contributed by atoms with Gasteiger partial charge in [-0.25, -0.2) is 9.97 Å². The maximum atomic E-state index is 9.60. The normalized spacial score (nSPS) is 18.1. The van der Waals surface area contributed by atoms with E-state index in [2.05, 4.69) is 22.2 Å². The molecule has 1 saturated carbocycles. The van der Waals surface area contributed by atoms with E-state index in [1.807, 2.05) is 19.9 Å². The second-order valence-corrected chi connectivity index (χ2v) is 6.61. The summed E-state index contributed by atoms with van der Waals surface area (Å²) in [5.41, 5.74) is 0. The van der Waals surface area contributed by atoms with E-state index in [1.165, 1.54) is 12.8 Å². The van der Waals surface area contributed by atoms with E-state index in [-0.39, 0.29) is 11.4 Å². The summed E-state index contributed by atoms with van der Waals surface area (Å²) in [6.07, 6.45) is 3.15. The maximum absolute atomic E-state index is 9.60. The van der Waals surface area contributed by atoms with Gasteiger partial charge in [-0.1, -0.05) is 13.8 Å². The first kappa shape index (κ1) is 14.6. The van der Waals surface area contributed by atoms with E-state index >= 15 is 0 Å². The van der Waals surface area contributed by atoms with E-state index in [0.29, 0.717) is 5.92 Å². The van der Waals surface area contributed by atoms with Crippen LogP contribution in [0.3, 0.4) is 0 Å². The van der Waals surface area contributed by atoms with Crippen LogP contribution in [0, 0.1) is 0 Å². The third-order valence-corrected chi connectivity index (χ3v) is 4.42. The predicted molar refractivity (Wildman–Crippen MR) is 79.8 cm³/mol. The molecule has 2 atom stereocenters. The third kappa shape index (κ3) is 4.35. The maximum Gasteiger partial charge on any atom is 0.135 e. The average Bonchev–Trinajstić information content (AvgIpc) is 3.20. The second kappa shape index (κ2) is 6.57. The Morgan fingerprint density at radius 1 is 1.42 bits per heavy atom. The summed E-state index contributed by atoms with van der Waals surface area (Å²) in [7, 11) is 0. The van der Waals surface area contributed by atoms with Crippen LogP contribution in [0.25, 0.3) is 0 Å². The Morgan fingerprint density at radius 3 is 2.74 bits per heavy atom. The van der Waals surface area contributed by atoms with Crippen molar-refractivity contribution < 1.29 is 5.11 Å². The lowest BCUT2D eigenvalue weighted by Gasteiger charge is -2.15. The van der Waals surface area contributed by atoms with Crippen LogP contribution in [0.15, 0.2) is 11.1 Å². The molecule has 5 heteroatoms. The molecule has 2 unspecified atom stereocenters. The van der Waals surface area contributed by atoms with E-state index < -0.39 is 0 Å². The van der Waals surface area contributed by atoms with E-state index in [9.17, 15) is 5.11 Å². The predicted octanol–water partition coefficient (Wildman–Crippen LogP) is 3.04. The molecule has 0 bridgehead atoms. The molecule has 1 heterocycles. The summed E-state index contributed by atoms with van der Waals surface area (Å²) >= 11 is 1.62. The fraction of sp³-hybridized carbons (Fsp3) is 0.714. The lowest BCUT2D eigenvalue weighted by Crippen LogP contribution is -2.15. The number of hydrogen-bond donors (Lipinski definition) is 2. The summed E-state index contributed by atoms with van der Waals surface area (Å²) in [6, 6.07) is 1.99. The Bertz CT molecular complexity index is 421. The van der Waals surface area contributed by atoms with Crippen LogP contribution in [-0.4, -0.2) is 33.0 Å². The Labute approximate surface area is 119 Å².